The monoisotopic (exact) mass is 436 g/mol. The second-order valence-electron chi connectivity index (χ2n) is 6.80. The topological polar surface area (TPSA) is 76.0 Å². The third-order valence-corrected chi connectivity index (χ3v) is 5.22. The van der Waals surface area contributed by atoms with E-state index in [1.807, 2.05) is 20.8 Å². The summed E-state index contributed by atoms with van der Waals surface area (Å²) < 4.78 is 1.81. The summed E-state index contributed by atoms with van der Waals surface area (Å²) >= 11 is 12.5. The van der Waals surface area contributed by atoms with Crippen molar-refractivity contribution in [1.82, 2.24) is 20.4 Å². The molecule has 1 aromatic carbocycles. The molecule has 0 bridgehead atoms. The number of hydrogen-bond donors (Lipinski definition) is 2. The molecule has 1 atom stereocenters. The first kappa shape index (κ1) is 23.0. The molecule has 0 spiro atoms. The molecule has 1 unspecified atom stereocenters. The van der Waals surface area contributed by atoms with Crippen LogP contribution in [0.15, 0.2) is 24.3 Å². The van der Waals surface area contributed by atoms with Crippen LogP contribution in [0.5, 0.6) is 0 Å². The van der Waals surface area contributed by atoms with E-state index in [0.717, 1.165) is 28.9 Å². The lowest BCUT2D eigenvalue weighted by molar-refractivity contribution is -0.126. The van der Waals surface area contributed by atoms with Crippen LogP contribution in [0.4, 0.5) is 0 Å². The van der Waals surface area contributed by atoms with Crippen molar-refractivity contribution in [2.45, 2.75) is 46.7 Å². The third kappa shape index (κ3) is 6.08. The molecule has 29 heavy (non-hydrogen) atoms. The highest BCUT2D eigenvalue weighted by atomic mass is 35.5. The van der Waals surface area contributed by atoms with Crippen molar-refractivity contribution in [3.8, 4) is 0 Å². The van der Waals surface area contributed by atoms with E-state index in [9.17, 15) is 9.59 Å². The molecule has 0 fully saturated rings. The van der Waals surface area contributed by atoms with Crippen LogP contribution in [0.3, 0.4) is 0 Å². The standard InChI is InChI=1S/C21H26Cl2N4O2/c1-5-11-24-21(29)14(3)25-20(28)10-9-16-13(2)26-27(15(16)4)12-17-18(22)7-6-8-19(17)23/h6-10,14H,5,11-12H2,1-4H3,(H,24,29)(H,25,28). The van der Waals surface area contributed by atoms with Gasteiger partial charge in [-0.15, -0.1) is 0 Å². The van der Waals surface area contributed by atoms with Gasteiger partial charge in [-0.3, -0.25) is 14.3 Å². The first-order valence-corrected chi connectivity index (χ1v) is 10.2. The van der Waals surface area contributed by atoms with Gasteiger partial charge in [0.25, 0.3) is 0 Å². The van der Waals surface area contributed by atoms with Gasteiger partial charge in [0, 0.05) is 39.5 Å². The molecule has 0 saturated carbocycles. The number of nitrogens with zero attached hydrogens (tertiary/aromatic N) is 2. The molecular weight excluding hydrogens is 411 g/mol. The van der Waals surface area contributed by atoms with Gasteiger partial charge in [-0.2, -0.15) is 5.10 Å². The number of aryl methyl sites for hydroxylation is 1. The Morgan fingerprint density at radius 1 is 1.24 bits per heavy atom. The fourth-order valence-electron chi connectivity index (χ4n) is 2.83. The molecule has 2 rings (SSSR count). The first-order chi connectivity index (χ1) is 13.7. The van der Waals surface area contributed by atoms with Gasteiger partial charge < -0.3 is 10.6 Å². The molecule has 6 nitrogen and oxygen atoms in total. The predicted molar refractivity (Wildman–Crippen MR) is 117 cm³/mol. The normalized spacial score (nSPS) is 12.2. The van der Waals surface area contributed by atoms with E-state index < -0.39 is 6.04 Å². The second-order valence-corrected chi connectivity index (χ2v) is 7.61. The van der Waals surface area contributed by atoms with E-state index in [4.69, 9.17) is 23.2 Å². The summed E-state index contributed by atoms with van der Waals surface area (Å²) in [7, 11) is 0. The zero-order valence-corrected chi connectivity index (χ0v) is 18.6. The minimum absolute atomic E-state index is 0.203. The minimum Gasteiger partial charge on any atom is -0.354 e. The van der Waals surface area contributed by atoms with Gasteiger partial charge in [-0.05, 0) is 45.4 Å². The molecular formula is C21H26Cl2N4O2. The van der Waals surface area contributed by atoms with Crippen molar-refractivity contribution < 1.29 is 9.59 Å². The van der Waals surface area contributed by atoms with Gasteiger partial charge in [-0.25, -0.2) is 0 Å². The van der Waals surface area contributed by atoms with Crippen molar-refractivity contribution in [3.05, 3.63) is 56.8 Å². The van der Waals surface area contributed by atoms with Crippen LogP contribution in [0, 0.1) is 13.8 Å². The number of nitrogens with one attached hydrogen (secondary N) is 2. The third-order valence-electron chi connectivity index (χ3n) is 4.51. The maximum atomic E-state index is 12.2. The lowest BCUT2D eigenvalue weighted by Crippen LogP contribution is -2.44. The highest BCUT2D eigenvalue weighted by Crippen LogP contribution is 2.26. The Labute approximate surface area is 181 Å². The van der Waals surface area contributed by atoms with Crippen LogP contribution in [-0.2, 0) is 16.1 Å². The first-order valence-electron chi connectivity index (χ1n) is 9.47. The van der Waals surface area contributed by atoms with Gasteiger partial charge in [-0.1, -0.05) is 36.2 Å². The SMILES string of the molecule is CCCNC(=O)C(C)NC(=O)C=Cc1c(C)nn(Cc2c(Cl)cccc2Cl)c1C. The zero-order chi connectivity index (χ0) is 21.6. The van der Waals surface area contributed by atoms with E-state index >= 15 is 0 Å². The highest BCUT2D eigenvalue weighted by Gasteiger charge is 2.15. The van der Waals surface area contributed by atoms with Crippen molar-refractivity contribution in [2.24, 2.45) is 0 Å². The van der Waals surface area contributed by atoms with Crippen LogP contribution < -0.4 is 10.6 Å². The Hall–Kier alpha value is -2.31. The van der Waals surface area contributed by atoms with Gasteiger partial charge in [0.2, 0.25) is 11.8 Å². The zero-order valence-electron chi connectivity index (χ0n) is 17.1. The summed E-state index contributed by atoms with van der Waals surface area (Å²) in [6, 6.07) is 4.77. The number of amides is 2. The second kappa shape index (κ2) is 10.5. The number of aromatic nitrogens is 2. The molecule has 0 saturated heterocycles. The van der Waals surface area contributed by atoms with Crippen LogP contribution in [0.25, 0.3) is 6.08 Å². The molecule has 1 heterocycles. The van der Waals surface area contributed by atoms with E-state index in [-0.39, 0.29) is 11.8 Å². The molecule has 0 radical (unpaired) electrons. The number of carbonyl (C=O) groups excluding carboxylic acids is 2. The Balaban J connectivity index is 2.10. The van der Waals surface area contributed by atoms with Gasteiger partial charge in [0.1, 0.15) is 6.04 Å². The fourth-order valence-corrected chi connectivity index (χ4v) is 3.34. The lowest BCUT2D eigenvalue weighted by Gasteiger charge is -2.12. The average Bonchev–Trinajstić information content (AvgIpc) is 2.94. The van der Waals surface area contributed by atoms with Crippen LogP contribution in [-0.4, -0.2) is 34.2 Å². The number of benzene rings is 1. The highest BCUT2D eigenvalue weighted by molar-refractivity contribution is 6.35. The van der Waals surface area contributed by atoms with Crippen molar-refractivity contribution in [3.63, 3.8) is 0 Å². The molecule has 156 valence electrons. The molecule has 2 N–H and O–H groups in total. The van der Waals surface area contributed by atoms with Gasteiger partial charge in [0.15, 0.2) is 0 Å². The number of rotatable bonds is 8. The summed E-state index contributed by atoms with van der Waals surface area (Å²) in [5, 5.41) is 11.1. The van der Waals surface area contributed by atoms with E-state index in [1.165, 1.54) is 6.08 Å². The molecule has 8 heteroatoms. The summed E-state index contributed by atoms with van der Waals surface area (Å²) in [4.78, 5) is 24.0. The van der Waals surface area contributed by atoms with Gasteiger partial charge >= 0.3 is 0 Å². The average molecular weight is 437 g/mol. The Morgan fingerprint density at radius 3 is 2.52 bits per heavy atom. The smallest absolute Gasteiger partial charge is 0.244 e. The molecule has 2 aromatic rings. The maximum Gasteiger partial charge on any atom is 0.244 e. The Bertz CT molecular complexity index is 901. The molecule has 2 amide bonds. The predicted octanol–water partition coefficient (Wildman–Crippen LogP) is 3.90. The number of carbonyl (C=O) groups is 2. The Kier molecular flexibility index (Phi) is 8.29. The summed E-state index contributed by atoms with van der Waals surface area (Å²) in [5.41, 5.74) is 3.30. The number of hydrogen-bond acceptors (Lipinski definition) is 3. The van der Waals surface area contributed by atoms with E-state index in [2.05, 4.69) is 15.7 Å². The number of halogens is 2. The fraction of sp³-hybridized carbons (Fsp3) is 0.381. The van der Waals surface area contributed by atoms with E-state index in [0.29, 0.717) is 23.1 Å². The van der Waals surface area contributed by atoms with Crippen molar-refractivity contribution in [2.75, 3.05) is 6.54 Å². The molecule has 1 aromatic heterocycles. The minimum atomic E-state index is -0.606. The van der Waals surface area contributed by atoms with Crippen LogP contribution in [0.1, 0.15) is 42.8 Å². The van der Waals surface area contributed by atoms with Crippen molar-refractivity contribution >= 4 is 41.1 Å². The Morgan fingerprint density at radius 2 is 1.90 bits per heavy atom. The maximum absolute atomic E-state index is 12.2. The molecule has 0 aliphatic heterocycles. The summed E-state index contributed by atoms with van der Waals surface area (Å²) in [5.74, 6) is -0.546. The lowest BCUT2D eigenvalue weighted by atomic mass is 10.1. The van der Waals surface area contributed by atoms with Gasteiger partial charge in [0.05, 0.1) is 12.2 Å². The summed E-state index contributed by atoms with van der Waals surface area (Å²) in [6.45, 7) is 8.43. The van der Waals surface area contributed by atoms with Crippen LogP contribution >= 0.6 is 23.2 Å². The van der Waals surface area contributed by atoms with Crippen LogP contribution in [0.2, 0.25) is 10.0 Å². The molecule has 0 aliphatic rings. The quantitative estimate of drug-likeness (QED) is 0.615. The molecule has 0 aliphatic carbocycles. The van der Waals surface area contributed by atoms with Crippen molar-refractivity contribution in [1.29, 1.82) is 0 Å². The summed E-state index contributed by atoms with van der Waals surface area (Å²) in [6.07, 6.45) is 3.95. The van der Waals surface area contributed by atoms with E-state index in [1.54, 1.807) is 35.9 Å². The largest absolute Gasteiger partial charge is 0.354 e.